The standard InChI is InChI=1S/C20H19ClFNO5S.C19H16ClFN4O2/c1-29(26,27)28-11-14-10-13-4-2-3-5-15(13)19(14)23-20(25)18(24)9-12-6-7-16(21)17(22)8-12;20-15-6-5-11(7-16(15)21)8-17(26)19(27)24-18-13(10-23-25-22)9-12-3-1-2-4-14(12)18/h2-8,14,19H,9-11H2,1H3,(H,23,25);1-7,13,18H,8-10H2,(H,24,27)/t14-,19-;13-,18-/m11/s1. The van der Waals surface area contributed by atoms with Gasteiger partial charge >= 0.3 is 0 Å². The van der Waals surface area contributed by atoms with Gasteiger partial charge < -0.3 is 10.6 Å². The SMILES string of the molecule is CS(=O)(=O)OC[C@H]1Cc2ccccc2[C@@H]1NC(=O)C(=O)Cc1ccc(Cl)c(F)c1.[N-]=[N+]=NC[C@H]1Cc2ccccc2[C@@H]1NC(=O)C(=O)Cc1ccc(Cl)c(F)c1. The molecule has 0 fully saturated rings. The summed E-state index contributed by atoms with van der Waals surface area (Å²) in [7, 11) is -3.64. The third-order valence-electron chi connectivity index (χ3n) is 9.34. The van der Waals surface area contributed by atoms with E-state index in [1.54, 1.807) is 6.07 Å². The predicted molar refractivity (Wildman–Crippen MR) is 204 cm³/mol. The third-order valence-corrected chi connectivity index (χ3v) is 10.5. The quantitative estimate of drug-likeness (QED) is 0.0505. The molecular weight excluding hydrogens is 791 g/mol. The van der Waals surface area contributed by atoms with Crippen LogP contribution in [0.5, 0.6) is 0 Å². The molecule has 4 aromatic rings. The molecule has 0 radical (unpaired) electrons. The number of ketones is 2. The summed E-state index contributed by atoms with van der Waals surface area (Å²) in [5, 5.41) is 8.94. The molecular formula is C39H35Cl2F2N5O7S. The smallest absolute Gasteiger partial charge is 0.288 e. The molecule has 0 saturated heterocycles. The highest BCUT2D eigenvalue weighted by atomic mass is 35.5. The minimum Gasteiger partial charge on any atom is -0.342 e. The minimum atomic E-state index is -3.64. The Morgan fingerprint density at radius 1 is 0.768 bits per heavy atom. The van der Waals surface area contributed by atoms with Gasteiger partial charge in [0, 0.05) is 30.2 Å². The Hall–Kier alpha value is -5.18. The van der Waals surface area contributed by atoms with Crippen molar-refractivity contribution in [1.82, 2.24) is 10.6 Å². The summed E-state index contributed by atoms with van der Waals surface area (Å²) in [4.78, 5) is 52.3. The first-order valence-electron chi connectivity index (χ1n) is 17.2. The molecule has 0 unspecified atom stereocenters. The first kappa shape index (κ1) is 42.0. The Labute approximate surface area is 331 Å². The molecule has 2 aliphatic rings. The van der Waals surface area contributed by atoms with Gasteiger partial charge in [0.1, 0.15) is 11.6 Å². The number of nitrogens with one attached hydrogen (secondary N) is 2. The molecule has 2 N–H and O–H groups in total. The van der Waals surface area contributed by atoms with Crippen LogP contribution >= 0.6 is 23.2 Å². The fourth-order valence-electron chi connectivity index (χ4n) is 6.70. The van der Waals surface area contributed by atoms with Gasteiger partial charge in [-0.05, 0) is 81.9 Å². The first-order valence-corrected chi connectivity index (χ1v) is 19.8. The molecule has 2 amide bonds. The van der Waals surface area contributed by atoms with Gasteiger partial charge in [-0.15, -0.1) is 0 Å². The number of halogens is 4. The van der Waals surface area contributed by atoms with Gasteiger partial charge in [-0.1, -0.05) is 89.0 Å². The van der Waals surface area contributed by atoms with Gasteiger partial charge in [-0.2, -0.15) is 8.42 Å². The van der Waals surface area contributed by atoms with Crippen molar-refractivity contribution in [2.75, 3.05) is 19.4 Å². The van der Waals surface area contributed by atoms with Crippen molar-refractivity contribution >= 4 is 56.7 Å². The molecule has 0 aliphatic heterocycles. The molecule has 56 heavy (non-hydrogen) atoms. The molecule has 292 valence electrons. The maximum Gasteiger partial charge on any atom is 0.288 e. The van der Waals surface area contributed by atoms with Crippen molar-refractivity contribution in [2.45, 2.75) is 37.8 Å². The van der Waals surface area contributed by atoms with E-state index in [1.807, 2.05) is 42.5 Å². The average molecular weight is 827 g/mol. The second-order valence-corrected chi connectivity index (χ2v) is 15.8. The van der Waals surface area contributed by atoms with E-state index in [0.29, 0.717) is 24.0 Å². The highest BCUT2D eigenvalue weighted by Gasteiger charge is 2.36. The highest BCUT2D eigenvalue weighted by molar-refractivity contribution is 7.85. The van der Waals surface area contributed by atoms with Crippen LogP contribution in [-0.2, 0) is 59.2 Å². The Morgan fingerprint density at radius 3 is 1.66 bits per heavy atom. The molecule has 12 nitrogen and oxygen atoms in total. The van der Waals surface area contributed by atoms with Crippen LogP contribution in [0.1, 0.15) is 45.5 Å². The van der Waals surface area contributed by atoms with Crippen molar-refractivity contribution < 1.29 is 40.6 Å². The van der Waals surface area contributed by atoms with E-state index in [4.69, 9.17) is 32.9 Å². The number of nitrogens with zero attached hydrogens (tertiary/aromatic N) is 3. The summed E-state index contributed by atoms with van der Waals surface area (Å²) >= 11 is 11.3. The van der Waals surface area contributed by atoms with Gasteiger partial charge in [0.15, 0.2) is 0 Å². The minimum absolute atomic E-state index is 0.0425. The summed E-state index contributed by atoms with van der Waals surface area (Å²) in [6.07, 6.45) is 1.61. The third kappa shape index (κ3) is 11.0. The zero-order valence-corrected chi connectivity index (χ0v) is 32.1. The Morgan fingerprint density at radius 2 is 1.21 bits per heavy atom. The van der Waals surface area contributed by atoms with Crippen LogP contribution in [0.15, 0.2) is 90.0 Å². The zero-order valence-electron chi connectivity index (χ0n) is 29.8. The van der Waals surface area contributed by atoms with E-state index < -0.39 is 57.2 Å². The van der Waals surface area contributed by atoms with Crippen LogP contribution in [0.4, 0.5) is 8.78 Å². The number of fused-ring (bicyclic) bond motifs is 2. The monoisotopic (exact) mass is 825 g/mol. The van der Waals surface area contributed by atoms with Gasteiger partial charge in [0.05, 0.1) is 35.0 Å². The topological polar surface area (TPSA) is 184 Å². The zero-order chi connectivity index (χ0) is 40.6. The van der Waals surface area contributed by atoms with Crippen LogP contribution in [0.25, 0.3) is 10.4 Å². The maximum absolute atomic E-state index is 13.5. The van der Waals surface area contributed by atoms with Gasteiger partial charge in [-0.25, -0.2) is 8.78 Å². The molecule has 0 aromatic heterocycles. The molecule has 4 aromatic carbocycles. The van der Waals surface area contributed by atoms with E-state index in [0.717, 1.165) is 40.6 Å². The molecule has 0 bridgehead atoms. The van der Waals surface area contributed by atoms with Crippen LogP contribution in [-0.4, -0.2) is 51.2 Å². The molecule has 0 heterocycles. The lowest BCUT2D eigenvalue weighted by Gasteiger charge is -2.21. The molecule has 6 rings (SSSR count). The highest BCUT2D eigenvalue weighted by Crippen LogP contribution is 2.37. The van der Waals surface area contributed by atoms with Gasteiger partial charge in [0.2, 0.25) is 11.6 Å². The summed E-state index contributed by atoms with van der Waals surface area (Å²) in [6, 6.07) is 21.9. The summed E-state index contributed by atoms with van der Waals surface area (Å²) in [5.41, 5.74) is 13.0. The Bertz CT molecular complexity index is 2320. The van der Waals surface area contributed by atoms with Crippen LogP contribution in [0, 0.1) is 23.5 Å². The van der Waals surface area contributed by atoms with E-state index in [1.165, 1.54) is 24.3 Å². The summed E-state index contributed by atoms with van der Waals surface area (Å²) < 4.78 is 54.7. The predicted octanol–water partition coefficient (Wildman–Crippen LogP) is 6.53. The second-order valence-electron chi connectivity index (χ2n) is 13.3. The molecule has 17 heteroatoms. The fraction of sp³-hybridized carbons (Fsp3) is 0.282. The van der Waals surface area contributed by atoms with Crippen molar-refractivity contribution in [3.63, 3.8) is 0 Å². The number of hydrogen-bond acceptors (Lipinski definition) is 8. The largest absolute Gasteiger partial charge is 0.342 e. The number of carbonyl (C=O) groups excluding carboxylic acids is 4. The van der Waals surface area contributed by atoms with Crippen molar-refractivity contribution in [3.8, 4) is 0 Å². The molecule has 2 aliphatic carbocycles. The van der Waals surface area contributed by atoms with Crippen LogP contribution in [0.3, 0.4) is 0 Å². The van der Waals surface area contributed by atoms with E-state index >= 15 is 0 Å². The lowest BCUT2D eigenvalue weighted by Crippen LogP contribution is -2.38. The molecule has 0 spiro atoms. The van der Waals surface area contributed by atoms with Gasteiger partial charge in [0.25, 0.3) is 21.9 Å². The first-order chi connectivity index (χ1) is 26.6. The molecule has 4 atom stereocenters. The molecule has 0 saturated carbocycles. The number of hydrogen-bond donors (Lipinski definition) is 2. The lowest BCUT2D eigenvalue weighted by atomic mass is 10.00. The van der Waals surface area contributed by atoms with Gasteiger partial charge in [-0.3, -0.25) is 23.4 Å². The van der Waals surface area contributed by atoms with E-state index in [-0.39, 0.29) is 47.9 Å². The van der Waals surface area contributed by atoms with E-state index in [2.05, 4.69) is 20.7 Å². The van der Waals surface area contributed by atoms with E-state index in [9.17, 15) is 36.4 Å². The van der Waals surface area contributed by atoms with Crippen LogP contribution < -0.4 is 10.6 Å². The number of azide groups is 1. The van der Waals surface area contributed by atoms with Crippen molar-refractivity contribution in [1.29, 1.82) is 0 Å². The Kier molecular flexibility index (Phi) is 14.0. The van der Waals surface area contributed by atoms with Crippen molar-refractivity contribution in [3.05, 3.63) is 150 Å². The average Bonchev–Trinajstić information content (AvgIpc) is 3.69. The van der Waals surface area contributed by atoms with Crippen molar-refractivity contribution in [2.24, 2.45) is 17.0 Å². The number of carbonyl (C=O) groups is 4. The van der Waals surface area contributed by atoms with Crippen LogP contribution in [0.2, 0.25) is 10.0 Å². The maximum atomic E-state index is 13.5. The summed E-state index contributed by atoms with van der Waals surface area (Å²) in [6.45, 7) is 0.0990. The second kappa shape index (κ2) is 18.6. The normalized spacial score (nSPS) is 18.0. The summed E-state index contributed by atoms with van der Waals surface area (Å²) in [5.74, 6) is -4.76. The number of rotatable bonds is 13. The number of benzene rings is 4. The Balaban J connectivity index is 0.000000215. The fourth-order valence-corrected chi connectivity index (χ4v) is 7.36. The number of amides is 2. The lowest BCUT2D eigenvalue weighted by molar-refractivity contribution is -0.138. The number of Topliss-reactive ketones (excluding diaryl/α,β-unsaturated/α-hetero) is 2.